The highest BCUT2D eigenvalue weighted by atomic mass is 35.5. The van der Waals surface area contributed by atoms with Gasteiger partial charge in [0.15, 0.2) is 0 Å². The largest absolute Gasteiger partial charge is 0.274 e. The monoisotopic (exact) mass is 372 g/mol. The molecule has 3 nitrogen and oxygen atoms in total. The first-order valence-corrected chi connectivity index (χ1v) is 8.69. The molecule has 0 saturated carbocycles. The summed E-state index contributed by atoms with van der Waals surface area (Å²) in [6.45, 7) is 4.39. The minimum Gasteiger partial charge on any atom is -0.267 e. The maximum Gasteiger partial charge on any atom is 0.274 e. The van der Waals surface area contributed by atoms with Crippen molar-refractivity contribution in [2.24, 2.45) is 0 Å². The van der Waals surface area contributed by atoms with Gasteiger partial charge in [-0.3, -0.25) is 9.47 Å². The van der Waals surface area contributed by atoms with Crippen molar-refractivity contribution in [3.05, 3.63) is 93.2 Å². The van der Waals surface area contributed by atoms with Gasteiger partial charge in [-0.05, 0) is 49.7 Å². The van der Waals surface area contributed by atoms with E-state index in [0.717, 1.165) is 17.0 Å². The third-order valence-corrected chi connectivity index (χ3v) is 4.59. The van der Waals surface area contributed by atoms with Crippen LogP contribution in [-0.2, 0) is 6.54 Å². The Morgan fingerprint density at radius 3 is 2.20 bits per heavy atom. The molecule has 3 rings (SSSR count). The SMILES string of the molecule is Cc1ccc(C)n1N(Cc1ccccc1)C(=O)c1ccc(Cl)cc1Cl. The van der Waals surface area contributed by atoms with E-state index in [-0.39, 0.29) is 5.91 Å². The molecule has 0 unspecified atom stereocenters. The predicted molar refractivity (Wildman–Crippen MR) is 103 cm³/mol. The van der Waals surface area contributed by atoms with E-state index in [2.05, 4.69) is 0 Å². The molecule has 0 aliphatic heterocycles. The fourth-order valence-corrected chi connectivity index (χ4v) is 3.32. The Hall–Kier alpha value is -2.23. The molecule has 0 aliphatic carbocycles. The molecule has 25 heavy (non-hydrogen) atoms. The lowest BCUT2D eigenvalue weighted by atomic mass is 10.2. The number of amides is 1. The van der Waals surface area contributed by atoms with Gasteiger partial charge in [0.1, 0.15) is 0 Å². The second-order valence-electron chi connectivity index (χ2n) is 5.90. The van der Waals surface area contributed by atoms with Gasteiger partial charge in [0, 0.05) is 16.4 Å². The van der Waals surface area contributed by atoms with E-state index in [1.54, 1.807) is 23.2 Å². The minimum absolute atomic E-state index is 0.173. The van der Waals surface area contributed by atoms with Crippen molar-refractivity contribution in [1.29, 1.82) is 0 Å². The molecule has 5 heteroatoms. The second-order valence-corrected chi connectivity index (χ2v) is 6.74. The number of aromatic nitrogens is 1. The number of aryl methyl sites for hydroxylation is 2. The van der Waals surface area contributed by atoms with Gasteiger partial charge in [-0.15, -0.1) is 0 Å². The molecule has 0 saturated heterocycles. The topological polar surface area (TPSA) is 25.2 Å². The third kappa shape index (κ3) is 3.73. The van der Waals surface area contributed by atoms with Crippen LogP contribution in [0.25, 0.3) is 0 Å². The Balaban J connectivity index is 2.06. The molecule has 0 spiro atoms. The van der Waals surface area contributed by atoms with Gasteiger partial charge in [0.25, 0.3) is 5.91 Å². The van der Waals surface area contributed by atoms with Crippen molar-refractivity contribution in [2.45, 2.75) is 20.4 Å². The van der Waals surface area contributed by atoms with Crippen LogP contribution in [0.3, 0.4) is 0 Å². The summed E-state index contributed by atoms with van der Waals surface area (Å²) in [6.07, 6.45) is 0. The lowest BCUT2D eigenvalue weighted by Gasteiger charge is -2.27. The molecule has 0 atom stereocenters. The smallest absolute Gasteiger partial charge is 0.267 e. The maximum absolute atomic E-state index is 13.3. The number of nitrogens with zero attached hydrogens (tertiary/aromatic N) is 2. The number of carbonyl (C=O) groups is 1. The summed E-state index contributed by atoms with van der Waals surface area (Å²) < 4.78 is 1.92. The quantitative estimate of drug-likeness (QED) is 0.602. The zero-order chi connectivity index (χ0) is 18.0. The molecule has 3 aromatic rings. The number of carbonyl (C=O) groups excluding carboxylic acids is 1. The summed E-state index contributed by atoms with van der Waals surface area (Å²) in [5.41, 5.74) is 3.42. The van der Waals surface area contributed by atoms with E-state index in [1.165, 1.54) is 0 Å². The standard InChI is InChI=1S/C20H18Cl2N2O/c1-14-8-9-15(2)24(14)23(13-16-6-4-3-5-7-16)20(25)18-11-10-17(21)12-19(18)22/h3-12H,13H2,1-2H3. The van der Waals surface area contributed by atoms with Crippen LogP contribution in [-0.4, -0.2) is 10.6 Å². The van der Waals surface area contributed by atoms with E-state index < -0.39 is 0 Å². The van der Waals surface area contributed by atoms with Gasteiger partial charge < -0.3 is 0 Å². The highest BCUT2D eigenvalue weighted by Gasteiger charge is 2.22. The fourth-order valence-electron chi connectivity index (χ4n) is 2.83. The van der Waals surface area contributed by atoms with Gasteiger partial charge in [-0.1, -0.05) is 53.5 Å². The van der Waals surface area contributed by atoms with E-state index in [0.29, 0.717) is 22.2 Å². The summed E-state index contributed by atoms with van der Waals surface area (Å²) >= 11 is 12.2. The second kappa shape index (κ2) is 7.34. The van der Waals surface area contributed by atoms with Gasteiger partial charge in [-0.25, -0.2) is 5.01 Å². The molecular weight excluding hydrogens is 355 g/mol. The van der Waals surface area contributed by atoms with Crippen LogP contribution in [0.2, 0.25) is 10.0 Å². The average Bonchev–Trinajstić information content (AvgIpc) is 2.92. The van der Waals surface area contributed by atoms with Crippen LogP contribution in [0.15, 0.2) is 60.7 Å². The molecule has 0 fully saturated rings. The van der Waals surface area contributed by atoms with Crippen LogP contribution in [0.4, 0.5) is 0 Å². The Morgan fingerprint density at radius 2 is 1.60 bits per heavy atom. The Kier molecular flexibility index (Phi) is 5.16. The van der Waals surface area contributed by atoms with E-state index >= 15 is 0 Å². The van der Waals surface area contributed by atoms with Crippen molar-refractivity contribution in [3.8, 4) is 0 Å². The molecule has 0 bridgehead atoms. The minimum atomic E-state index is -0.173. The zero-order valence-corrected chi connectivity index (χ0v) is 15.6. The Bertz CT molecular complexity index is 884. The first-order chi connectivity index (χ1) is 12.0. The molecule has 0 aliphatic rings. The average molecular weight is 373 g/mol. The van der Waals surface area contributed by atoms with E-state index in [9.17, 15) is 4.79 Å². The van der Waals surface area contributed by atoms with Gasteiger partial charge in [-0.2, -0.15) is 0 Å². The van der Waals surface area contributed by atoms with E-state index in [4.69, 9.17) is 23.2 Å². The van der Waals surface area contributed by atoms with Crippen molar-refractivity contribution in [1.82, 2.24) is 4.68 Å². The Labute approximate surface area is 157 Å². The number of rotatable bonds is 4. The van der Waals surface area contributed by atoms with Crippen molar-refractivity contribution in [2.75, 3.05) is 5.01 Å². The molecule has 128 valence electrons. The van der Waals surface area contributed by atoms with Gasteiger partial charge in [0.2, 0.25) is 0 Å². The van der Waals surface area contributed by atoms with Crippen LogP contribution < -0.4 is 5.01 Å². The highest BCUT2D eigenvalue weighted by molar-refractivity contribution is 6.37. The lowest BCUT2D eigenvalue weighted by Crippen LogP contribution is -2.41. The number of hydrogen-bond acceptors (Lipinski definition) is 1. The summed E-state index contributed by atoms with van der Waals surface area (Å²) in [4.78, 5) is 13.3. The summed E-state index contributed by atoms with van der Waals surface area (Å²) in [5.74, 6) is -0.173. The normalized spacial score (nSPS) is 10.7. The van der Waals surface area contributed by atoms with Crippen LogP contribution in [0.5, 0.6) is 0 Å². The molecule has 0 radical (unpaired) electrons. The highest BCUT2D eigenvalue weighted by Crippen LogP contribution is 2.23. The maximum atomic E-state index is 13.3. The molecule has 1 amide bonds. The summed E-state index contributed by atoms with van der Waals surface area (Å²) in [6, 6.07) is 18.8. The predicted octanol–water partition coefficient (Wildman–Crippen LogP) is 5.39. The summed E-state index contributed by atoms with van der Waals surface area (Å²) in [7, 11) is 0. The first-order valence-electron chi connectivity index (χ1n) is 7.93. The molecule has 1 heterocycles. The Morgan fingerprint density at radius 1 is 0.960 bits per heavy atom. The van der Waals surface area contributed by atoms with Crippen LogP contribution in [0, 0.1) is 13.8 Å². The molecular formula is C20H18Cl2N2O. The fraction of sp³-hybridized carbons (Fsp3) is 0.150. The molecule has 0 N–H and O–H groups in total. The third-order valence-electron chi connectivity index (χ3n) is 4.05. The van der Waals surface area contributed by atoms with Crippen molar-refractivity contribution >= 4 is 29.1 Å². The lowest BCUT2D eigenvalue weighted by molar-refractivity contribution is 0.0954. The van der Waals surface area contributed by atoms with Crippen molar-refractivity contribution < 1.29 is 4.79 Å². The van der Waals surface area contributed by atoms with Crippen LogP contribution >= 0.6 is 23.2 Å². The first kappa shape index (κ1) is 17.6. The molecule has 1 aromatic heterocycles. The number of hydrogen-bond donors (Lipinski definition) is 0. The van der Waals surface area contributed by atoms with E-state index in [1.807, 2.05) is 61.0 Å². The number of benzene rings is 2. The zero-order valence-electron chi connectivity index (χ0n) is 14.0. The summed E-state index contributed by atoms with van der Waals surface area (Å²) in [5, 5.41) is 2.55. The van der Waals surface area contributed by atoms with Gasteiger partial charge >= 0.3 is 0 Å². The van der Waals surface area contributed by atoms with Crippen LogP contribution in [0.1, 0.15) is 27.3 Å². The molecule has 2 aromatic carbocycles. The number of halogens is 2. The van der Waals surface area contributed by atoms with Gasteiger partial charge in [0.05, 0.1) is 17.1 Å². The van der Waals surface area contributed by atoms with Crippen molar-refractivity contribution in [3.63, 3.8) is 0 Å².